The maximum Gasteiger partial charge on any atom is 0.191 e. The molecular formula is C20H40N4O3. The van der Waals surface area contributed by atoms with Gasteiger partial charge in [0.2, 0.25) is 0 Å². The van der Waals surface area contributed by atoms with Gasteiger partial charge in [-0.15, -0.1) is 0 Å². The second kappa shape index (κ2) is 13.3. The largest absolute Gasteiger partial charge is 0.381 e. The zero-order valence-corrected chi connectivity index (χ0v) is 17.5. The Morgan fingerprint density at radius 1 is 1.19 bits per heavy atom. The van der Waals surface area contributed by atoms with Crippen molar-refractivity contribution >= 4 is 5.96 Å². The van der Waals surface area contributed by atoms with E-state index in [4.69, 9.17) is 19.2 Å². The highest BCUT2D eigenvalue weighted by atomic mass is 16.5. The lowest BCUT2D eigenvalue weighted by Crippen LogP contribution is -2.49. The summed E-state index contributed by atoms with van der Waals surface area (Å²) in [5, 5.41) is 6.81. The van der Waals surface area contributed by atoms with Gasteiger partial charge in [0.15, 0.2) is 5.96 Å². The molecule has 2 aliphatic rings. The summed E-state index contributed by atoms with van der Waals surface area (Å²) in [5.74, 6) is 2.06. The van der Waals surface area contributed by atoms with Gasteiger partial charge in [0, 0.05) is 58.0 Å². The summed E-state index contributed by atoms with van der Waals surface area (Å²) in [6.45, 7) is 16.0. The Labute approximate surface area is 165 Å². The van der Waals surface area contributed by atoms with E-state index in [1.807, 2.05) is 0 Å². The molecule has 0 aliphatic carbocycles. The van der Waals surface area contributed by atoms with Crippen LogP contribution in [0.1, 0.15) is 33.6 Å². The third-order valence-corrected chi connectivity index (χ3v) is 5.01. The fourth-order valence-electron chi connectivity index (χ4n) is 3.55. The molecule has 2 atom stereocenters. The van der Waals surface area contributed by atoms with Crippen LogP contribution in [0, 0.1) is 11.8 Å². The Morgan fingerprint density at radius 3 is 2.67 bits per heavy atom. The summed E-state index contributed by atoms with van der Waals surface area (Å²) in [6.07, 6.45) is 2.12. The molecule has 0 saturated carbocycles. The zero-order valence-electron chi connectivity index (χ0n) is 17.5. The highest BCUT2D eigenvalue weighted by Gasteiger charge is 2.31. The van der Waals surface area contributed by atoms with E-state index in [1.54, 1.807) is 0 Å². The van der Waals surface area contributed by atoms with Crippen molar-refractivity contribution in [2.75, 3.05) is 72.4 Å². The topological polar surface area (TPSA) is 67.4 Å². The summed E-state index contributed by atoms with van der Waals surface area (Å²) in [7, 11) is 0. The number of rotatable bonds is 11. The number of ether oxygens (including phenoxy) is 3. The summed E-state index contributed by atoms with van der Waals surface area (Å²) in [5.41, 5.74) is 0. The molecule has 0 amide bonds. The molecule has 2 N–H and O–H groups in total. The molecule has 2 fully saturated rings. The van der Waals surface area contributed by atoms with Crippen molar-refractivity contribution in [1.29, 1.82) is 0 Å². The predicted molar refractivity (Wildman–Crippen MR) is 109 cm³/mol. The van der Waals surface area contributed by atoms with Crippen molar-refractivity contribution in [3.63, 3.8) is 0 Å². The Bertz CT molecular complexity index is 408. The maximum absolute atomic E-state index is 5.65. The van der Waals surface area contributed by atoms with E-state index in [1.165, 1.54) is 0 Å². The molecule has 2 rings (SSSR count). The number of nitrogens with zero attached hydrogens (tertiary/aromatic N) is 2. The van der Waals surface area contributed by atoms with Crippen LogP contribution in [-0.4, -0.2) is 89.3 Å². The van der Waals surface area contributed by atoms with Gasteiger partial charge in [-0.3, -0.25) is 9.89 Å². The molecule has 0 bridgehead atoms. The molecular weight excluding hydrogens is 344 g/mol. The minimum atomic E-state index is 0.432. The standard InChI is InChI=1S/C20H40N4O3/c1-4-21-20(22-7-5-10-26-15-17(2)3)23-14-19(18-6-11-27-16-18)24-8-12-25-13-9-24/h17-19H,4-16H2,1-3H3,(H2,21,22,23). The molecule has 0 aromatic heterocycles. The van der Waals surface area contributed by atoms with Crippen LogP contribution in [0.3, 0.4) is 0 Å². The van der Waals surface area contributed by atoms with Crippen LogP contribution in [0.15, 0.2) is 4.99 Å². The lowest BCUT2D eigenvalue weighted by molar-refractivity contribution is 0.00368. The lowest BCUT2D eigenvalue weighted by atomic mass is 9.97. The zero-order chi connectivity index (χ0) is 19.3. The number of nitrogens with one attached hydrogen (secondary N) is 2. The first-order chi connectivity index (χ1) is 13.2. The van der Waals surface area contributed by atoms with Crippen LogP contribution in [0.4, 0.5) is 0 Å². The van der Waals surface area contributed by atoms with Gasteiger partial charge >= 0.3 is 0 Å². The number of hydrogen-bond donors (Lipinski definition) is 2. The van der Waals surface area contributed by atoms with Crippen molar-refractivity contribution < 1.29 is 14.2 Å². The van der Waals surface area contributed by atoms with Crippen molar-refractivity contribution in [1.82, 2.24) is 15.5 Å². The minimum Gasteiger partial charge on any atom is -0.381 e. The summed E-state index contributed by atoms with van der Waals surface area (Å²) in [6, 6.07) is 0.432. The quantitative estimate of drug-likeness (QED) is 0.318. The van der Waals surface area contributed by atoms with Crippen LogP contribution in [0.2, 0.25) is 0 Å². The summed E-state index contributed by atoms with van der Waals surface area (Å²) >= 11 is 0. The van der Waals surface area contributed by atoms with Gasteiger partial charge in [-0.25, -0.2) is 0 Å². The van der Waals surface area contributed by atoms with E-state index in [9.17, 15) is 0 Å². The van der Waals surface area contributed by atoms with Gasteiger partial charge in [0.1, 0.15) is 0 Å². The number of hydrogen-bond acceptors (Lipinski definition) is 5. The molecule has 0 radical (unpaired) electrons. The van der Waals surface area contributed by atoms with Gasteiger partial charge in [-0.2, -0.15) is 0 Å². The minimum absolute atomic E-state index is 0.432. The van der Waals surface area contributed by atoms with E-state index in [0.717, 1.165) is 91.2 Å². The highest BCUT2D eigenvalue weighted by Crippen LogP contribution is 2.22. The first-order valence-electron chi connectivity index (χ1n) is 10.7. The third kappa shape index (κ3) is 8.77. The molecule has 0 spiro atoms. The van der Waals surface area contributed by atoms with Crippen LogP contribution >= 0.6 is 0 Å². The Balaban J connectivity index is 1.81. The molecule has 7 nitrogen and oxygen atoms in total. The Kier molecular flexibility index (Phi) is 11.0. The van der Waals surface area contributed by atoms with E-state index in [2.05, 4.69) is 36.3 Å². The van der Waals surface area contributed by atoms with Crippen LogP contribution < -0.4 is 10.6 Å². The first-order valence-corrected chi connectivity index (χ1v) is 10.7. The van der Waals surface area contributed by atoms with Gasteiger partial charge in [-0.1, -0.05) is 13.8 Å². The molecule has 2 saturated heterocycles. The Hall–Kier alpha value is -0.890. The molecule has 2 unspecified atom stereocenters. The average molecular weight is 385 g/mol. The van der Waals surface area contributed by atoms with E-state index in [-0.39, 0.29) is 0 Å². The predicted octanol–water partition coefficient (Wildman–Crippen LogP) is 1.34. The summed E-state index contributed by atoms with van der Waals surface area (Å²) < 4.78 is 16.8. The second-order valence-corrected chi connectivity index (χ2v) is 7.81. The van der Waals surface area contributed by atoms with Crippen LogP contribution in [-0.2, 0) is 14.2 Å². The Morgan fingerprint density at radius 2 is 2.00 bits per heavy atom. The van der Waals surface area contributed by atoms with Crippen molar-refractivity contribution in [2.24, 2.45) is 16.8 Å². The number of morpholine rings is 1. The second-order valence-electron chi connectivity index (χ2n) is 7.81. The third-order valence-electron chi connectivity index (χ3n) is 5.01. The normalized spacial score (nSPS) is 23.0. The highest BCUT2D eigenvalue weighted by molar-refractivity contribution is 5.79. The SMILES string of the molecule is CCNC(=NCC(C1CCOC1)N1CCOCC1)NCCCOCC(C)C. The summed E-state index contributed by atoms with van der Waals surface area (Å²) in [4.78, 5) is 7.43. The smallest absolute Gasteiger partial charge is 0.191 e. The van der Waals surface area contributed by atoms with Crippen molar-refractivity contribution in [3.8, 4) is 0 Å². The van der Waals surface area contributed by atoms with Gasteiger partial charge in [0.05, 0.1) is 26.4 Å². The van der Waals surface area contributed by atoms with Crippen molar-refractivity contribution in [2.45, 2.75) is 39.7 Å². The van der Waals surface area contributed by atoms with Crippen molar-refractivity contribution in [3.05, 3.63) is 0 Å². The molecule has 0 aromatic rings. The lowest BCUT2D eigenvalue weighted by Gasteiger charge is -2.36. The molecule has 2 aliphatic heterocycles. The molecule has 0 aromatic carbocycles. The molecule has 27 heavy (non-hydrogen) atoms. The fourth-order valence-corrected chi connectivity index (χ4v) is 3.55. The average Bonchev–Trinajstić information content (AvgIpc) is 3.19. The van der Waals surface area contributed by atoms with Crippen LogP contribution in [0.25, 0.3) is 0 Å². The molecule has 158 valence electrons. The van der Waals surface area contributed by atoms with E-state index in [0.29, 0.717) is 17.9 Å². The van der Waals surface area contributed by atoms with Gasteiger partial charge in [0.25, 0.3) is 0 Å². The fraction of sp³-hybridized carbons (Fsp3) is 0.950. The maximum atomic E-state index is 5.65. The molecule has 7 heteroatoms. The monoisotopic (exact) mass is 384 g/mol. The first kappa shape index (κ1) is 22.4. The number of aliphatic imine (C=N–C) groups is 1. The number of guanidine groups is 1. The molecule has 2 heterocycles. The van der Waals surface area contributed by atoms with Gasteiger partial charge in [-0.05, 0) is 25.7 Å². The van der Waals surface area contributed by atoms with Gasteiger partial charge < -0.3 is 24.8 Å². The van der Waals surface area contributed by atoms with E-state index >= 15 is 0 Å². The van der Waals surface area contributed by atoms with Crippen LogP contribution in [0.5, 0.6) is 0 Å². The van der Waals surface area contributed by atoms with E-state index < -0.39 is 0 Å².